The fourth-order valence-electron chi connectivity index (χ4n) is 3.15. The molecule has 1 aromatic heterocycles. The zero-order valence-electron chi connectivity index (χ0n) is 11.3. The molecule has 0 bridgehead atoms. The molecule has 2 aliphatic rings. The molecule has 1 saturated carbocycles. The molecule has 0 atom stereocenters. The van der Waals surface area contributed by atoms with E-state index in [9.17, 15) is 4.79 Å². The summed E-state index contributed by atoms with van der Waals surface area (Å²) in [6.45, 7) is 4.38. The highest BCUT2D eigenvalue weighted by molar-refractivity contribution is 5.85. The fourth-order valence-corrected chi connectivity index (χ4v) is 3.15. The zero-order chi connectivity index (χ0) is 13.5. The number of hydrogen-bond donors (Lipinski definition) is 1. The maximum atomic E-state index is 11.0. The van der Waals surface area contributed by atoms with Gasteiger partial charge in [0.15, 0.2) is 5.69 Å². The summed E-state index contributed by atoms with van der Waals surface area (Å²) in [5, 5.41) is 8.99. The van der Waals surface area contributed by atoms with Crippen molar-refractivity contribution >= 4 is 11.8 Å². The molecule has 0 unspecified atom stereocenters. The molecular weight excluding hydrogens is 240 g/mol. The van der Waals surface area contributed by atoms with Crippen molar-refractivity contribution in [1.82, 2.24) is 4.98 Å². The van der Waals surface area contributed by atoms with Crippen LogP contribution in [-0.4, -0.2) is 29.1 Å². The van der Waals surface area contributed by atoms with Crippen LogP contribution in [-0.2, 0) is 0 Å². The lowest BCUT2D eigenvalue weighted by atomic mass is 9.76. The predicted octanol–water partition coefficient (Wildman–Crippen LogP) is 2.80. The molecule has 1 aromatic rings. The highest BCUT2D eigenvalue weighted by Gasteiger charge is 2.43. The van der Waals surface area contributed by atoms with E-state index in [1.807, 2.05) is 6.07 Å². The van der Waals surface area contributed by atoms with E-state index in [-0.39, 0.29) is 5.69 Å². The average molecular weight is 260 g/mol. The van der Waals surface area contributed by atoms with Gasteiger partial charge in [-0.15, -0.1) is 0 Å². The van der Waals surface area contributed by atoms with Gasteiger partial charge < -0.3 is 10.0 Å². The first-order valence-electron chi connectivity index (χ1n) is 7.04. The lowest BCUT2D eigenvalue weighted by Gasteiger charge is -2.40. The molecule has 4 heteroatoms. The number of aromatic carboxylic acids is 1. The second-order valence-electron chi connectivity index (χ2n) is 6.10. The summed E-state index contributed by atoms with van der Waals surface area (Å²) < 4.78 is 0. The summed E-state index contributed by atoms with van der Waals surface area (Å²) in [4.78, 5) is 17.4. The monoisotopic (exact) mass is 260 g/mol. The van der Waals surface area contributed by atoms with E-state index in [1.54, 1.807) is 12.1 Å². The van der Waals surface area contributed by atoms with Crippen molar-refractivity contribution in [1.29, 1.82) is 0 Å². The molecule has 0 spiro atoms. The van der Waals surface area contributed by atoms with E-state index in [2.05, 4.69) is 16.8 Å². The number of carboxylic acids is 1. The van der Waals surface area contributed by atoms with Gasteiger partial charge in [-0.1, -0.05) is 13.0 Å². The fraction of sp³-hybridized carbons (Fsp3) is 0.600. The summed E-state index contributed by atoms with van der Waals surface area (Å²) in [6.07, 6.45) is 5.17. The Hall–Kier alpha value is -1.58. The third-order valence-electron chi connectivity index (χ3n) is 4.75. The van der Waals surface area contributed by atoms with E-state index < -0.39 is 5.97 Å². The molecule has 2 heterocycles. The molecule has 0 radical (unpaired) electrons. The van der Waals surface area contributed by atoms with E-state index in [1.165, 1.54) is 25.7 Å². The van der Waals surface area contributed by atoms with Gasteiger partial charge in [0, 0.05) is 13.1 Å². The van der Waals surface area contributed by atoms with Crippen LogP contribution in [0.15, 0.2) is 18.2 Å². The largest absolute Gasteiger partial charge is 0.477 e. The molecule has 0 aromatic carbocycles. The van der Waals surface area contributed by atoms with Crippen LogP contribution in [0, 0.1) is 11.3 Å². The van der Waals surface area contributed by atoms with Crippen LogP contribution in [0.5, 0.6) is 0 Å². The average Bonchev–Trinajstić information content (AvgIpc) is 3.24. The molecule has 2 fully saturated rings. The molecule has 1 saturated heterocycles. The van der Waals surface area contributed by atoms with Crippen LogP contribution >= 0.6 is 0 Å². The second kappa shape index (κ2) is 4.51. The molecule has 4 nitrogen and oxygen atoms in total. The van der Waals surface area contributed by atoms with E-state index in [4.69, 9.17) is 5.11 Å². The molecule has 1 aliphatic carbocycles. The molecule has 19 heavy (non-hydrogen) atoms. The van der Waals surface area contributed by atoms with Gasteiger partial charge in [-0.05, 0) is 49.1 Å². The molecule has 102 valence electrons. The Morgan fingerprint density at radius 1 is 1.37 bits per heavy atom. The Kier molecular flexibility index (Phi) is 2.96. The zero-order valence-corrected chi connectivity index (χ0v) is 11.3. The van der Waals surface area contributed by atoms with Gasteiger partial charge in [-0.2, -0.15) is 0 Å². The second-order valence-corrected chi connectivity index (χ2v) is 6.10. The quantitative estimate of drug-likeness (QED) is 0.908. The van der Waals surface area contributed by atoms with Crippen molar-refractivity contribution < 1.29 is 9.90 Å². The Bertz CT molecular complexity index is 489. The van der Waals surface area contributed by atoms with Crippen molar-refractivity contribution in [2.45, 2.75) is 32.6 Å². The van der Waals surface area contributed by atoms with Gasteiger partial charge in [-0.3, -0.25) is 0 Å². The Labute approximate surface area is 113 Å². The minimum Gasteiger partial charge on any atom is -0.477 e. The standard InChI is InChI=1S/C15H20N2O2/c1-15(11-5-6-11)7-9-17(10-8-15)13-4-2-3-12(16-13)14(18)19/h2-4,11H,5-10H2,1H3,(H,18,19). The van der Waals surface area contributed by atoms with E-state index >= 15 is 0 Å². The Balaban J connectivity index is 1.71. The number of hydrogen-bond acceptors (Lipinski definition) is 3. The van der Waals surface area contributed by atoms with Crippen LogP contribution in [0.1, 0.15) is 43.1 Å². The Morgan fingerprint density at radius 2 is 2.05 bits per heavy atom. The summed E-state index contributed by atoms with van der Waals surface area (Å²) in [6, 6.07) is 5.23. The predicted molar refractivity (Wildman–Crippen MR) is 73.5 cm³/mol. The number of anilines is 1. The first kappa shape index (κ1) is 12.5. The number of aromatic nitrogens is 1. The first-order valence-corrected chi connectivity index (χ1v) is 7.04. The van der Waals surface area contributed by atoms with Crippen LogP contribution in [0.25, 0.3) is 0 Å². The van der Waals surface area contributed by atoms with Crippen molar-refractivity contribution in [3.63, 3.8) is 0 Å². The van der Waals surface area contributed by atoms with Crippen molar-refractivity contribution in [3.05, 3.63) is 23.9 Å². The first-order chi connectivity index (χ1) is 9.08. The van der Waals surface area contributed by atoms with Crippen molar-refractivity contribution in [2.75, 3.05) is 18.0 Å². The van der Waals surface area contributed by atoms with Crippen LogP contribution < -0.4 is 4.90 Å². The number of piperidine rings is 1. The van der Waals surface area contributed by atoms with Gasteiger partial charge in [-0.25, -0.2) is 9.78 Å². The lowest BCUT2D eigenvalue weighted by Crippen LogP contribution is -2.40. The minimum atomic E-state index is -0.957. The van der Waals surface area contributed by atoms with Crippen LogP contribution in [0.3, 0.4) is 0 Å². The molecule has 0 amide bonds. The highest BCUT2D eigenvalue weighted by atomic mass is 16.4. The number of carboxylic acid groups (broad SMARTS) is 1. The Morgan fingerprint density at radius 3 is 2.63 bits per heavy atom. The number of carbonyl (C=O) groups is 1. The lowest BCUT2D eigenvalue weighted by molar-refractivity contribution is 0.0690. The molecule has 1 N–H and O–H groups in total. The van der Waals surface area contributed by atoms with Gasteiger partial charge in [0.2, 0.25) is 0 Å². The van der Waals surface area contributed by atoms with Gasteiger partial charge >= 0.3 is 5.97 Å². The van der Waals surface area contributed by atoms with Gasteiger partial charge in [0.25, 0.3) is 0 Å². The number of nitrogens with zero attached hydrogens (tertiary/aromatic N) is 2. The van der Waals surface area contributed by atoms with Gasteiger partial charge in [0.05, 0.1) is 0 Å². The summed E-state index contributed by atoms with van der Waals surface area (Å²) in [5.74, 6) is 0.771. The van der Waals surface area contributed by atoms with Crippen molar-refractivity contribution in [3.8, 4) is 0 Å². The normalized spacial score (nSPS) is 22.3. The SMILES string of the molecule is CC1(C2CC2)CCN(c2cccc(C(=O)O)n2)CC1. The maximum Gasteiger partial charge on any atom is 0.354 e. The molecule has 3 rings (SSSR count). The van der Waals surface area contributed by atoms with E-state index in [0.717, 1.165) is 24.8 Å². The summed E-state index contributed by atoms with van der Waals surface area (Å²) >= 11 is 0. The van der Waals surface area contributed by atoms with Gasteiger partial charge in [0.1, 0.15) is 5.82 Å². The van der Waals surface area contributed by atoms with E-state index in [0.29, 0.717) is 5.41 Å². The smallest absolute Gasteiger partial charge is 0.354 e. The van der Waals surface area contributed by atoms with Crippen LogP contribution in [0.2, 0.25) is 0 Å². The maximum absolute atomic E-state index is 11.0. The summed E-state index contributed by atoms with van der Waals surface area (Å²) in [7, 11) is 0. The molecular formula is C15H20N2O2. The number of pyridine rings is 1. The number of rotatable bonds is 3. The summed E-state index contributed by atoms with van der Waals surface area (Å²) in [5.41, 5.74) is 0.633. The van der Waals surface area contributed by atoms with Crippen molar-refractivity contribution in [2.24, 2.45) is 11.3 Å². The highest BCUT2D eigenvalue weighted by Crippen LogP contribution is 2.51. The topological polar surface area (TPSA) is 53.4 Å². The minimum absolute atomic E-state index is 0.132. The van der Waals surface area contributed by atoms with Crippen LogP contribution in [0.4, 0.5) is 5.82 Å². The third kappa shape index (κ3) is 2.44. The molecule has 1 aliphatic heterocycles. The third-order valence-corrected chi connectivity index (χ3v) is 4.75.